The molecule has 0 amide bonds. The van der Waals surface area contributed by atoms with Gasteiger partial charge in [-0.1, -0.05) is 39.5 Å². The molecule has 4 rings (SSSR count). The Balaban J connectivity index is 1.77. The molecular weight excluding hydrogens is 417 g/mol. The molecular formula is C24H28S4. The summed E-state index contributed by atoms with van der Waals surface area (Å²) in [6.45, 7) is 9.08. The van der Waals surface area contributed by atoms with E-state index in [9.17, 15) is 0 Å². The summed E-state index contributed by atoms with van der Waals surface area (Å²) in [6, 6.07) is 11.6. The molecule has 1 atom stereocenters. The number of hydrogen-bond acceptors (Lipinski definition) is 4. The highest BCUT2D eigenvalue weighted by atomic mass is 32.1. The molecule has 0 nitrogen and oxygen atoms in total. The van der Waals surface area contributed by atoms with Crippen molar-refractivity contribution in [3.63, 3.8) is 0 Å². The third-order valence-electron chi connectivity index (χ3n) is 5.40. The maximum Gasteiger partial charge on any atom is 0.0628 e. The van der Waals surface area contributed by atoms with E-state index in [-0.39, 0.29) is 0 Å². The summed E-state index contributed by atoms with van der Waals surface area (Å²) in [5, 5.41) is 1.48. The third-order valence-corrected chi connectivity index (χ3v) is 10.3. The van der Waals surface area contributed by atoms with Crippen molar-refractivity contribution < 1.29 is 0 Å². The van der Waals surface area contributed by atoms with Crippen molar-refractivity contribution in [3.8, 4) is 19.5 Å². The first-order valence-electron chi connectivity index (χ1n) is 10.3. The molecule has 0 aliphatic carbocycles. The SMILES string of the molecule is CCCCC(CC)Cc1cc2c(-c3ccc(C)s3)sc(-c3ccc(C)s3)c2s1. The fraction of sp³-hybridized carbons (Fsp3) is 0.417. The van der Waals surface area contributed by atoms with E-state index in [0.717, 1.165) is 5.92 Å². The van der Waals surface area contributed by atoms with Crippen molar-refractivity contribution in [1.82, 2.24) is 0 Å². The van der Waals surface area contributed by atoms with Gasteiger partial charge in [0.15, 0.2) is 0 Å². The van der Waals surface area contributed by atoms with Crippen LogP contribution in [0, 0.1) is 19.8 Å². The van der Waals surface area contributed by atoms with Gasteiger partial charge in [0.2, 0.25) is 0 Å². The molecule has 0 aromatic carbocycles. The number of hydrogen-bond donors (Lipinski definition) is 0. The molecule has 0 spiro atoms. The molecule has 0 radical (unpaired) electrons. The highest BCUT2D eigenvalue weighted by molar-refractivity contribution is 7.32. The van der Waals surface area contributed by atoms with Gasteiger partial charge in [0.25, 0.3) is 0 Å². The van der Waals surface area contributed by atoms with Crippen molar-refractivity contribution in [3.05, 3.63) is 45.0 Å². The zero-order chi connectivity index (χ0) is 19.7. The summed E-state index contributed by atoms with van der Waals surface area (Å²) < 4.78 is 1.51. The van der Waals surface area contributed by atoms with Crippen LogP contribution in [0.4, 0.5) is 0 Å². The zero-order valence-electron chi connectivity index (χ0n) is 17.1. The first-order chi connectivity index (χ1) is 13.6. The van der Waals surface area contributed by atoms with Gasteiger partial charge in [0.05, 0.1) is 14.5 Å². The Bertz CT molecular complexity index is 983. The molecule has 1 unspecified atom stereocenters. The molecule has 0 aliphatic rings. The smallest absolute Gasteiger partial charge is 0.0628 e. The molecule has 0 saturated carbocycles. The van der Waals surface area contributed by atoms with Crippen LogP contribution in [0.3, 0.4) is 0 Å². The largest absolute Gasteiger partial charge is 0.140 e. The minimum absolute atomic E-state index is 0.825. The molecule has 0 N–H and O–H groups in total. The lowest BCUT2D eigenvalue weighted by atomic mass is 9.95. The van der Waals surface area contributed by atoms with E-state index in [1.807, 2.05) is 45.3 Å². The fourth-order valence-electron chi connectivity index (χ4n) is 3.77. The number of thiophene rings is 4. The summed E-state index contributed by atoms with van der Waals surface area (Å²) in [5.74, 6) is 0.825. The molecule has 4 heterocycles. The fourth-order valence-corrected chi connectivity index (χ4v) is 8.53. The van der Waals surface area contributed by atoms with E-state index >= 15 is 0 Å². The van der Waals surface area contributed by atoms with Crippen LogP contribution in [0.15, 0.2) is 30.3 Å². The van der Waals surface area contributed by atoms with Crippen molar-refractivity contribution >= 4 is 55.4 Å². The van der Waals surface area contributed by atoms with Crippen molar-refractivity contribution in [2.75, 3.05) is 0 Å². The zero-order valence-corrected chi connectivity index (χ0v) is 20.4. The lowest BCUT2D eigenvalue weighted by molar-refractivity contribution is 0.452. The van der Waals surface area contributed by atoms with E-state index in [1.165, 1.54) is 71.5 Å². The maximum atomic E-state index is 2.51. The van der Waals surface area contributed by atoms with E-state index in [0.29, 0.717) is 0 Å². The summed E-state index contributed by atoms with van der Waals surface area (Å²) in [5.41, 5.74) is 0. The second-order valence-corrected chi connectivity index (χ2v) is 12.4. The van der Waals surface area contributed by atoms with Crippen LogP contribution in [0.5, 0.6) is 0 Å². The van der Waals surface area contributed by atoms with Gasteiger partial charge >= 0.3 is 0 Å². The van der Waals surface area contributed by atoms with E-state index < -0.39 is 0 Å². The summed E-state index contributed by atoms with van der Waals surface area (Å²) in [4.78, 5) is 10.2. The van der Waals surface area contributed by atoms with E-state index in [4.69, 9.17) is 0 Å². The molecule has 4 aromatic rings. The normalized spacial score (nSPS) is 12.9. The summed E-state index contributed by atoms with van der Waals surface area (Å²) in [6.07, 6.45) is 6.56. The van der Waals surface area contributed by atoms with Crippen molar-refractivity contribution in [1.29, 1.82) is 0 Å². The lowest BCUT2D eigenvalue weighted by Gasteiger charge is -2.12. The third kappa shape index (κ3) is 4.16. The highest BCUT2D eigenvalue weighted by Gasteiger charge is 2.20. The van der Waals surface area contributed by atoms with Gasteiger partial charge in [0, 0.05) is 29.8 Å². The van der Waals surface area contributed by atoms with Gasteiger partial charge < -0.3 is 0 Å². The Labute approximate surface area is 184 Å². The molecule has 0 saturated heterocycles. The van der Waals surface area contributed by atoms with Gasteiger partial charge in [-0.15, -0.1) is 45.3 Å². The average molecular weight is 445 g/mol. The highest BCUT2D eigenvalue weighted by Crippen LogP contribution is 2.50. The Morgan fingerprint density at radius 2 is 1.50 bits per heavy atom. The van der Waals surface area contributed by atoms with Crippen LogP contribution in [-0.4, -0.2) is 0 Å². The first-order valence-corrected chi connectivity index (χ1v) is 13.5. The second-order valence-electron chi connectivity index (χ2n) is 7.66. The number of aryl methyl sites for hydroxylation is 2. The van der Waals surface area contributed by atoms with Gasteiger partial charge in [-0.3, -0.25) is 0 Å². The monoisotopic (exact) mass is 444 g/mol. The van der Waals surface area contributed by atoms with Crippen LogP contribution < -0.4 is 0 Å². The Hall–Kier alpha value is -0.940. The Morgan fingerprint density at radius 3 is 2.07 bits per heavy atom. The Morgan fingerprint density at radius 1 is 0.821 bits per heavy atom. The Kier molecular flexibility index (Phi) is 6.41. The summed E-state index contributed by atoms with van der Waals surface area (Å²) >= 11 is 7.90. The van der Waals surface area contributed by atoms with E-state index in [2.05, 4.69) is 58.0 Å². The number of unbranched alkanes of at least 4 members (excludes halogenated alkanes) is 1. The molecule has 4 aromatic heterocycles. The van der Waals surface area contributed by atoms with Crippen LogP contribution in [0.2, 0.25) is 0 Å². The van der Waals surface area contributed by atoms with Gasteiger partial charge in [-0.25, -0.2) is 0 Å². The number of rotatable bonds is 8. The quantitative estimate of drug-likeness (QED) is 0.254. The average Bonchev–Trinajstić information content (AvgIpc) is 3.43. The first kappa shape index (κ1) is 20.3. The van der Waals surface area contributed by atoms with E-state index in [1.54, 1.807) is 4.88 Å². The predicted molar refractivity (Wildman–Crippen MR) is 133 cm³/mol. The topological polar surface area (TPSA) is 0 Å². The van der Waals surface area contributed by atoms with Crippen LogP contribution >= 0.6 is 45.3 Å². The van der Waals surface area contributed by atoms with Crippen LogP contribution in [-0.2, 0) is 6.42 Å². The number of fused-ring (bicyclic) bond motifs is 1. The van der Waals surface area contributed by atoms with Crippen LogP contribution in [0.1, 0.15) is 54.2 Å². The van der Waals surface area contributed by atoms with Crippen LogP contribution in [0.25, 0.3) is 29.6 Å². The van der Waals surface area contributed by atoms with Crippen molar-refractivity contribution in [2.24, 2.45) is 5.92 Å². The second kappa shape index (κ2) is 8.83. The van der Waals surface area contributed by atoms with Gasteiger partial charge in [0.1, 0.15) is 0 Å². The lowest BCUT2D eigenvalue weighted by Crippen LogP contribution is -2.01. The molecule has 0 aliphatic heterocycles. The molecule has 0 fully saturated rings. The molecule has 4 heteroatoms. The molecule has 0 bridgehead atoms. The van der Waals surface area contributed by atoms with Crippen molar-refractivity contribution in [2.45, 2.75) is 59.8 Å². The molecule has 148 valence electrons. The minimum Gasteiger partial charge on any atom is -0.140 e. The minimum atomic E-state index is 0.825. The van der Waals surface area contributed by atoms with Gasteiger partial charge in [-0.05, 0) is 56.5 Å². The maximum absolute atomic E-state index is 2.51. The standard InChI is InChI=1S/C24H28S4/c1-5-7-8-17(6-2)13-18-14-19-22(20-11-9-15(3)25-20)28-24(23(19)27-18)21-12-10-16(4)26-21/h9-12,14,17H,5-8,13H2,1-4H3. The summed E-state index contributed by atoms with van der Waals surface area (Å²) in [7, 11) is 0. The van der Waals surface area contributed by atoms with Gasteiger partial charge in [-0.2, -0.15) is 0 Å². The predicted octanol–water partition coefficient (Wildman–Crippen LogP) is 9.80. The molecule has 28 heavy (non-hydrogen) atoms.